The zero-order valence-electron chi connectivity index (χ0n) is 8.36. The van der Waals surface area contributed by atoms with Crippen LogP contribution in [0, 0.1) is 0 Å². The van der Waals surface area contributed by atoms with Crippen LogP contribution in [-0.4, -0.2) is 16.0 Å². The summed E-state index contributed by atoms with van der Waals surface area (Å²) in [7, 11) is 0. The van der Waals surface area contributed by atoms with Gasteiger partial charge in [0, 0.05) is 24.0 Å². The van der Waals surface area contributed by atoms with Gasteiger partial charge in [-0.25, -0.2) is 4.99 Å². The molecule has 0 aliphatic rings. The van der Waals surface area contributed by atoms with E-state index in [1.165, 1.54) is 0 Å². The third-order valence-corrected chi connectivity index (χ3v) is 1.74. The summed E-state index contributed by atoms with van der Waals surface area (Å²) in [5.74, 6) is 0.742. The molecule has 1 heterocycles. The fraction of sp³-hybridized carbons (Fsp3) is 0.400. The molecule has 70 valence electrons. The van der Waals surface area contributed by atoms with Gasteiger partial charge in [-0.2, -0.15) is 5.10 Å². The Morgan fingerprint density at radius 3 is 2.77 bits per heavy atom. The van der Waals surface area contributed by atoms with Crippen LogP contribution in [0.2, 0.25) is 0 Å². The molecule has 1 aromatic heterocycles. The molecule has 0 unspecified atom stereocenters. The van der Waals surface area contributed by atoms with Gasteiger partial charge in [-0.1, -0.05) is 12.7 Å². The third-order valence-electron chi connectivity index (χ3n) is 1.74. The van der Waals surface area contributed by atoms with Gasteiger partial charge in [0.05, 0.1) is 0 Å². The molecule has 13 heavy (non-hydrogen) atoms. The Balaban J connectivity index is 3.11. The van der Waals surface area contributed by atoms with Crippen molar-refractivity contribution in [2.24, 2.45) is 4.99 Å². The van der Waals surface area contributed by atoms with Crippen LogP contribution in [0.25, 0.3) is 6.08 Å². The molecular weight excluding hydrogens is 162 g/mol. The number of rotatable bonds is 3. The Morgan fingerprint density at radius 1 is 1.62 bits per heavy atom. The maximum Gasteiger partial charge on any atom is 0.180 e. The largest absolute Gasteiger partial charge is 0.267 e. The van der Waals surface area contributed by atoms with Gasteiger partial charge in [0.15, 0.2) is 5.82 Å². The topological polar surface area (TPSA) is 30.2 Å². The standard InChI is InChI=1S/C10H15N3/c1-5-9-7-13(8(3)4)12-10(9)11-6-2/h5-8H,1H2,2-4H3/b11-6-. The molecule has 0 saturated heterocycles. The second-order valence-electron chi connectivity index (χ2n) is 3.07. The van der Waals surface area contributed by atoms with Crippen molar-refractivity contribution >= 4 is 18.1 Å². The monoisotopic (exact) mass is 177 g/mol. The molecular formula is C10H15N3. The SMILES string of the molecule is C=Cc1cn(C(C)C)nc1/N=C\C. The summed E-state index contributed by atoms with van der Waals surface area (Å²) in [5.41, 5.74) is 0.979. The van der Waals surface area contributed by atoms with Crippen molar-refractivity contribution < 1.29 is 0 Å². The summed E-state index contributed by atoms with van der Waals surface area (Å²) in [6, 6.07) is 0.361. The number of hydrogen-bond donors (Lipinski definition) is 0. The summed E-state index contributed by atoms with van der Waals surface area (Å²) >= 11 is 0. The zero-order valence-corrected chi connectivity index (χ0v) is 8.36. The smallest absolute Gasteiger partial charge is 0.180 e. The third kappa shape index (κ3) is 2.05. The first-order valence-corrected chi connectivity index (χ1v) is 4.39. The van der Waals surface area contributed by atoms with E-state index in [4.69, 9.17) is 0 Å². The molecule has 0 amide bonds. The second-order valence-corrected chi connectivity index (χ2v) is 3.07. The molecule has 3 nitrogen and oxygen atoms in total. The van der Waals surface area contributed by atoms with E-state index in [0.717, 1.165) is 11.4 Å². The second kappa shape index (κ2) is 4.03. The van der Waals surface area contributed by atoms with E-state index >= 15 is 0 Å². The molecule has 0 atom stereocenters. The first-order chi connectivity index (χ1) is 6.19. The van der Waals surface area contributed by atoms with Crippen LogP contribution in [-0.2, 0) is 0 Å². The molecule has 1 aromatic rings. The van der Waals surface area contributed by atoms with E-state index < -0.39 is 0 Å². The Bertz CT molecular complexity index is 321. The van der Waals surface area contributed by atoms with Gasteiger partial charge in [-0.05, 0) is 20.8 Å². The lowest BCUT2D eigenvalue weighted by atomic mass is 10.3. The maximum absolute atomic E-state index is 4.32. The average Bonchev–Trinajstić information content (AvgIpc) is 2.48. The molecule has 0 aliphatic carbocycles. The fourth-order valence-electron chi connectivity index (χ4n) is 1.03. The molecule has 0 aliphatic heterocycles. The molecule has 0 spiro atoms. The number of nitrogens with zero attached hydrogens (tertiary/aromatic N) is 3. The van der Waals surface area contributed by atoms with Gasteiger partial charge in [-0.3, -0.25) is 4.68 Å². The lowest BCUT2D eigenvalue weighted by molar-refractivity contribution is 0.533. The summed E-state index contributed by atoms with van der Waals surface area (Å²) in [5, 5.41) is 4.32. The quantitative estimate of drug-likeness (QED) is 0.653. The molecule has 0 radical (unpaired) electrons. The first-order valence-electron chi connectivity index (χ1n) is 4.39. The van der Waals surface area contributed by atoms with E-state index in [1.807, 2.05) is 17.8 Å². The van der Waals surface area contributed by atoms with E-state index in [0.29, 0.717) is 6.04 Å². The highest BCUT2D eigenvalue weighted by atomic mass is 15.3. The van der Waals surface area contributed by atoms with Gasteiger partial charge in [-0.15, -0.1) is 0 Å². The van der Waals surface area contributed by atoms with E-state index in [1.54, 1.807) is 12.3 Å². The van der Waals surface area contributed by atoms with Crippen molar-refractivity contribution in [2.75, 3.05) is 0 Å². The van der Waals surface area contributed by atoms with Gasteiger partial charge >= 0.3 is 0 Å². The van der Waals surface area contributed by atoms with Crippen LogP contribution >= 0.6 is 0 Å². The van der Waals surface area contributed by atoms with Crippen LogP contribution in [0.1, 0.15) is 32.4 Å². The highest BCUT2D eigenvalue weighted by Crippen LogP contribution is 2.19. The molecule has 0 bridgehead atoms. The molecule has 1 rings (SSSR count). The lowest BCUT2D eigenvalue weighted by Gasteiger charge is -2.02. The number of hydrogen-bond acceptors (Lipinski definition) is 2. The Hall–Kier alpha value is -1.38. The lowest BCUT2D eigenvalue weighted by Crippen LogP contribution is -1.99. The van der Waals surface area contributed by atoms with Crippen LogP contribution in [0.15, 0.2) is 17.8 Å². The van der Waals surface area contributed by atoms with E-state index in [-0.39, 0.29) is 0 Å². The van der Waals surface area contributed by atoms with Crippen LogP contribution < -0.4 is 0 Å². The van der Waals surface area contributed by atoms with E-state index in [9.17, 15) is 0 Å². The summed E-state index contributed by atoms with van der Waals surface area (Å²) in [6.45, 7) is 9.76. The molecule has 0 fully saturated rings. The first kappa shape index (κ1) is 9.71. The van der Waals surface area contributed by atoms with Crippen LogP contribution in [0.5, 0.6) is 0 Å². The fourth-order valence-corrected chi connectivity index (χ4v) is 1.03. The molecule has 3 heteroatoms. The number of aliphatic imine (C=N–C) groups is 1. The van der Waals surface area contributed by atoms with Crippen molar-refractivity contribution in [2.45, 2.75) is 26.8 Å². The predicted octanol–water partition coefficient (Wildman–Crippen LogP) is 2.83. The minimum atomic E-state index is 0.361. The van der Waals surface area contributed by atoms with Crippen molar-refractivity contribution in [3.05, 3.63) is 18.3 Å². The Morgan fingerprint density at radius 2 is 2.31 bits per heavy atom. The minimum absolute atomic E-state index is 0.361. The van der Waals surface area contributed by atoms with Gasteiger partial charge in [0.1, 0.15) is 0 Å². The van der Waals surface area contributed by atoms with Gasteiger partial charge in [0.2, 0.25) is 0 Å². The molecule has 0 aromatic carbocycles. The number of aromatic nitrogens is 2. The van der Waals surface area contributed by atoms with Crippen molar-refractivity contribution in [3.8, 4) is 0 Å². The zero-order chi connectivity index (χ0) is 9.84. The van der Waals surface area contributed by atoms with Crippen molar-refractivity contribution in [1.29, 1.82) is 0 Å². The average molecular weight is 177 g/mol. The summed E-state index contributed by atoms with van der Waals surface area (Å²) in [4.78, 5) is 4.15. The van der Waals surface area contributed by atoms with Crippen molar-refractivity contribution in [3.63, 3.8) is 0 Å². The Labute approximate surface area is 78.8 Å². The minimum Gasteiger partial charge on any atom is -0.267 e. The van der Waals surface area contributed by atoms with Gasteiger partial charge < -0.3 is 0 Å². The predicted molar refractivity (Wildman–Crippen MR) is 56.5 cm³/mol. The van der Waals surface area contributed by atoms with Gasteiger partial charge in [0.25, 0.3) is 0 Å². The van der Waals surface area contributed by atoms with Crippen LogP contribution in [0.3, 0.4) is 0 Å². The highest BCUT2D eigenvalue weighted by Gasteiger charge is 2.05. The Kier molecular flexibility index (Phi) is 3.01. The van der Waals surface area contributed by atoms with E-state index in [2.05, 4.69) is 30.5 Å². The maximum atomic E-state index is 4.32. The normalized spacial score (nSPS) is 11.4. The van der Waals surface area contributed by atoms with Crippen LogP contribution in [0.4, 0.5) is 5.82 Å². The molecule has 0 N–H and O–H groups in total. The van der Waals surface area contributed by atoms with Crippen molar-refractivity contribution in [1.82, 2.24) is 9.78 Å². The molecule has 0 saturated carbocycles. The summed E-state index contributed by atoms with van der Waals surface area (Å²) < 4.78 is 1.89. The highest BCUT2D eigenvalue weighted by molar-refractivity contribution is 5.65. The summed E-state index contributed by atoms with van der Waals surface area (Å²) in [6.07, 6.45) is 5.47.